The Labute approximate surface area is 217 Å². The zero-order valence-corrected chi connectivity index (χ0v) is 19.9. The predicted octanol–water partition coefficient (Wildman–Crippen LogP) is 5.85. The lowest BCUT2D eigenvalue weighted by molar-refractivity contribution is -0.385. The number of hydrogen-bond donors (Lipinski definition) is 0. The highest BCUT2D eigenvalue weighted by atomic mass is 16.6. The zero-order chi connectivity index (χ0) is 26.7. The van der Waals surface area contributed by atoms with Crippen molar-refractivity contribution in [2.24, 2.45) is 20.4 Å². The third kappa shape index (κ3) is 6.73. The van der Waals surface area contributed by atoms with Gasteiger partial charge in [0.1, 0.15) is 11.4 Å². The maximum absolute atomic E-state index is 10.9. The van der Waals surface area contributed by atoms with Crippen molar-refractivity contribution in [1.29, 1.82) is 0 Å². The Balaban J connectivity index is 1.72. The third-order valence-electron chi connectivity index (χ3n) is 5.26. The van der Waals surface area contributed by atoms with Crippen molar-refractivity contribution in [2.45, 2.75) is 0 Å². The first-order chi connectivity index (χ1) is 18.5. The van der Waals surface area contributed by atoms with Gasteiger partial charge >= 0.3 is 0 Å². The van der Waals surface area contributed by atoms with Gasteiger partial charge in [-0.1, -0.05) is 60.7 Å². The molecule has 0 aliphatic carbocycles. The topological polar surface area (TPSA) is 136 Å². The van der Waals surface area contributed by atoms with Gasteiger partial charge in [-0.15, -0.1) is 10.2 Å². The van der Waals surface area contributed by atoms with E-state index in [0.29, 0.717) is 22.6 Å². The summed E-state index contributed by atoms with van der Waals surface area (Å²) < 4.78 is 0. The molecule has 0 N–H and O–H groups in total. The highest BCUT2D eigenvalue weighted by Gasteiger charge is 2.15. The summed E-state index contributed by atoms with van der Waals surface area (Å²) in [4.78, 5) is 20.9. The molecule has 0 bridgehead atoms. The molecular formula is C28H20N6O4. The first-order valence-electron chi connectivity index (χ1n) is 11.3. The van der Waals surface area contributed by atoms with Crippen LogP contribution in [-0.4, -0.2) is 33.7 Å². The fourth-order valence-corrected chi connectivity index (χ4v) is 3.35. The van der Waals surface area contributed by atoms with Crippen LogP contribution in [0, 0.1) is 20.2 Å². The number of nitro benzene ring substituents is 2. The van der Waals surface area contributed by atoms with Gasteiger partial charge in [-0.05, 0) is 35.4 Å². The van der Waals surface area contributed by atoms with Gasteiger partial charge in [0, 0.05) is 35.4 Å². The van der Waals surface area contributed by atoms with E-state index in [4.69, 9.17) is 0 Å². The van der Waals surface area contributed by atoms with E-state index in [9.17, 15) is 20.2 Å². The number of benzene rings is 4. The molecule has 0 atom stereocenters. The molecular weight excluding hydrogens is 484 g/mol. The fourth-order valence-electron chi connectivity index (χ4n) is 3.35. The van der Waals surface area contributed by atoms with Crippen LogP contribution in [0.25, 0.3) is 0 Å². The van der Waals surface area contributed by atoms with Crippen LogP contribution < -0.4 is 0 Å². The Hall–Kier alpha value is -5.64. The van der Waals surface area contributed by atoms with Crippen molar-refractivity contribution >= 4 is 35.2 Å². The van der Waals surface area contributed by atoms with Gasteiger partial charge < -0.3 is 0 Å². The van der Waals surface area contributed by atoms with E-state index in [2.05, 4.69) is 20.4 Å². The Morgan fingerprint density at radius 1 is 0.526 bits per heavy atom. The molecule has 10 heteroatoms. The highest BCUT2D eigenvalue weighted by molar-refractivity contribution is 6.53. The van der Waals surface area contributed by atoms with Crippen molar-refractivity contribution in [3.05, 3.63) is 152 Å². The molecule has 186 valence electrons. The molecule has 0 aromatic heterocycles. The van der Waals surface area contributed by atoms with Crippen LogP contribution >= 0.6 is 0 Å². The Morgan fingerprint density at radius 3 is 1.18 bits per heavy atom. The first-order valence-corrected chi connectivity index (χ1v) is 11.3. The summed E-state index contributed by atoms with van der Waals surface area (Å²) in [5.74, 6) is 0. The summed E-state index contributed by atoms with van der Waals surface area (Å²) in [5.41, 5.74) is 3.66. The lowest BCUT2D eigenvalue weighted by Gasteiger charge is -2.08. The van der Waals surface area contributed by atoms with E-state index in [1.807, 2.05) is 60.7 Å². The van der Waals surface area contributed by atoms with E-state index in [-0.39, 0.29) is 11.4 Å². The molecule has 0 aliphatic rings. The number of nitro groups is 2. The van der Waals surface area contributed by atoms with Gasteiger partial charge in [0.05, 0.1) is 22.3 Å². The van der Waals surface area contributed by atoms with Crippen LogP contribution in [0.3, 0.4) is 0 Å². The lowest BCUT2D eigenvalue weighted by Crippen LogP contribution is -2.17. The van der Waals surface area contributed by atoms with Gasteiger partial charge in [-0.25, -0.2) is 0 Å². The summed E-state index contributed by atoms with van der Waals surface area (Å²) in [5, 5.41) is 39.2. The molecule has 4 aromatic rings. The van der Waals surface area contributed by atoms with Crippen LogP contribution in [0.1, 0.15) is 22.3 Å². The molecule has 4 rings (SSSR count). The summed E-state index contributed by atoms with van der Waals surface area (Å²) in [7, 11) is 0. The molecule has 0 amide bonds. The van der Waals surface area contributed by atoms with E-state index in [1.165, 1.54) is 36.7 Å². The molecule has 0 fully saturated rings. The molecule has 0 saturated heterocycles. The minimum atomic E-state index is -0.466. The van der Waals surface area contributed by atoms with E-state index in [1.54, 1.807) is 24.3 Å². The Bertz CT molecular complexity index is 1410. The fraction of sp³-hybridized carbons (Fsp3) is 0. The van der Waals surface area contributed by atoms with Crippen molar-refractivity contribution in [1.82, 2.24) is 0 Å². The quantitative estimate of drug-likeness (QED) is 0.160. The predicted molar refractivity (Wildman–Crippen MR) is 147 cm³/mol. The van der Waals surface area contributed by atoms with E-state index >= 15 is 0 Å². The summed E-state index contributed by atoms with van der Waals surface area (Å²) in [6.07, 6.45) is 2.99. The molecule has 10 nitrogen and oxygen atoms in total. The van der Waals surface area contributed by atoms with Crippen LogP contribution in [0.2, 0.25) is 0 Å². The van der Waals surface area contributed by atoms with Gasteiger partial charge in [0.15, 0.2) is 0 Å². The van der Waals surface area contributed by atoms with Crippen molar-refractivity contribution in [3.63, 3.8) is 0 Å². The molecule has 0 heterocycles. The normalized spacial score (nSPS) is 12.2. The molecule has 0 aliphatic heterocycles. The number of hydrogen-bond acceptors (Lipinski definition) is 8. The van der Waals surface area contributed by atoms with Gasteiger partial charge in [0.25, 0.3) is 11.4 Å². The highest BCUT2D eigenvalue weighted by Crippen LogP contribution is 2.14. The number of non-ortho nitro benzene ring substituents is 2. The second-order valence-corrected chi connectivity index (χ2v) is 7.82. The lowest BCUT2D eigenvalue weighted by atomic mass is 10.00. The SMILES string of the molecule is O=[N+]([O-])c1ccc(C=NN=C(C(=NN=Cc2ccc([N+](=O)[O-])cc2)c2ccccc2)c2ccccc2)cc1. The molecule has 0 spiro atoms. The summed E-state index contributed by atoms with van der Waals surface area (Å²) in [6, 6.07) is 30.7. The molecule has 0 radical (unpaired) electrons. The minimum Gasteiger partial charge on any atom is -0.258 e. The smallest absolute Gasteiger partial charge is 0.258 e. The monoisotopic (exact) mass is 504 g/mol. The maximum atomic E-state index is 10.9. The second-order valence-electron chi connectivity index (χ2n) is 7.82. The van der Waals surface area contributed by atoms with E-state index in [0.717, 1.165) is 11.1 Å². The minimum absolute atomic E-state index is 0.0139. The average molecular weight is 505 g/mol. The summed E-state index contributed by atoms with van der Waals surface area (Å²) >= 11 is 0. The van der Waals surface area contributed by atoms with Crippen molar-refractivity contribution < 1.29 is 9.85 Å². The van der Waals surface area contributed by atoms with Crippen molar-refractivity contribution in [2.75, 3.05) is 0 Å². The van der Waals surface area contributed by atoms with Crippen LogP contribution in [0.4, 0.5) is 11.4 Å². The van der Waals surface area contributed by atoms with Gasteiger partial charge in [-0.2, -0.15) is 10.2 Å². The standard InChI is InChI=1S/C28H20N6O4/c35-33(36)25-15-11-21(12-16-25)19-29-31-27(23-7-3-1-4-8-23)28(24-9-5-2-6-10-24)32-30-20-22-13-17-26(18-14-22)34(37)38/h1-20H. The van der Waals surface area contributed by atoms with Gasteiger partial charge in [-0.3, -0.25) is 20.2 Å². The van der Waals surface area contributed by atoms with Crippen molar-refractivity contribution in [3.8, 4) is 0 Å². The number of rotatable bonds is 9. The summed E-state index contributed by atoms with van der Waals surface area (Å²) in [6.45, 7) is 0. The molecule has 0 saturated carbocycles. The average Bonchev–Trinajstić information content (AvgIpc) is 2.95. The molecule has 4 aromatic carbocycles. The second kappa shape index (κ2) is 12.4. The molecule has 0 unspecified atom stereocenters. The first kappa shape index (κ1) is 25.5. The Morgan fingerprint density at radius 2 is 0.868 bits per heavy atom. The third-order valence-corrected chi connectivity index (χ3v) is 5.26. The van der Waals surface area contributed by atoms with Gasteiger partial charge in [0.2, 0.25) is 0 Å². The zero-order valence-electron chi connectivity index (χ0n) is 19.9. The maximum Gasteiger partial charge on any atom is 0.269 e. The van der Waals surface area contributed by atoms with Crippen LogP contribution in [-0.2, 0) is 0 Å². The Kier molecular flexibility index (Phi) is 8.28. The van der Waals surface area contributed by atoms with Crippen LogP contribution in [0.5, 0.6) is 0 Å². The number of nitrogens with zero attached hydrogens (tertiary/aromatic N) is 6. The largest absolute Gasteiger partial charge is 0.269 e. The molecule has 38 heavy (non-hydrogen) atoms. The van der Waals surface area contributed by atoms with Crippen LogP contribution in [0.15, 0.2) is 130 Å². The van der Waals surface area contributed by atoms with E-state index < -0.39 is 9.85 Å².